The van der Waals surface area contributed by atoms with Gasteiger partial charge < -0.3 is 23.9 Å². The van der Waals surface area contributed by atoms with Gasteiger partial charge >= 0.3 is 12.0 Å². The van der Waals surface area contributed by atoms with Crippen LogP contribution in [0.15, 0.2) is 52.6 Å². The molecule has 0 unspecified atom stereocenters. The third-order valence-corrected chi connectivity index (χ3v) is 6.33. The van der Waals surface area contributed by atoms with Gasteiger partial charge in [0, 0.05) is 35.9 Å². The van der Waals surface area contributed by atoms with Crippen molar-refractivity contribution in [3.8, 4) is 5.69 Å². The van der Waals surface area contributed by atoms with Gasteiger partial charge in [-0.25, -0.2) is 9.59 Å². The van der Waals surface area contributed by atoms with E-state index in [-0.39, 0.29) is 18.0 Å². The molecule has 1 aromatic carbocycles. The van der Waals surface area contributed by atoms with Crippen LogP contribution in [-0.2, 0) is 16.1 Å². The first kappa shape index (κ1) is 24.8. The number of amides is 3. The zero-order valence-electron chi connectivity index (χ0n) is 21.1. The van der Waals surface area contributed by atoms with E-state index < -0.39 is 17.9 Å². The molecule has 4 rings (SSSR count). The second kappa shape index (κ2) is 10.2. The minimum atomic E-state index is -0.628. The van der Waals surface area contributed by atoms with Gasteiger partial charge in [0.2, 0.25) is 5.76 Å². The molecule has 0 atom stereocenters. The van der Waals surface area contributed by atoms with Gasteiger partial charge in [-0.1, -0.05) is 0 Å². The summed E-state index contributed by atoms with van der Waals surface area (Å²) >= 11 is 0. The number of nitrogens with zero attached hydrogens (tertiary/aromatic N) is 3. The molecule has 36 heavy (non-hydrogen) atoms. The summed E-state index contributed by atoms with van der Waals surface area (Å²) in [4.78, 5) is 40.4. The smallest absolute Gasteiger partial charge is 0.373 e. The maximum atomic E-state index is 13.0. The molecule has 9 heteroatoms. The molecule has 1 aliphatic heterocycles. The predicted octanol–water partition coefficient (Wildman–Crippen LogP) is 4.41. The first-order chi connectivity index (χ1) is 17.3. The lowest BCUT2D eigenvalue weighted by Crippen LogP contribution is -2.30. The molecule has 0 radical (unpaired) electrons. The lowest BCUT2D eigenvalue weighted by molar-refractivity contribution is -0.123. The van der Waals surface area contributed by atoms with Gasteiger partial charge in [-0.2, -0.15) is 0 Å². The number of hydrogen-bond donors (Lipinski definition) is 1. The number of rotatable bonds is 8. The number of ether oxygens (including phenoxy) is 1. The summed E-state index contributed by atoms with van der Waals surface area (Å²) in [5.41, 5.74) is 5.16. The molecule has 9 nitrogen and oxygen atoms in total. The van der Waals surface area contributed by atoms with Crippen molar-refractivity contribution in [2.24, 2.45) is 0 Å². The van der Waals surface area contributed by atoms with Gasteiger partial charge in [0.1, 0.15) is 11.5 Å². The number of nitrogens with one attached hydrogen (secondary N) is 1. The number of aromatic nitrogens is 1. The fourth-order valence-corrected chi connectivity index (χ4v) is 4.43. The van der Waals surface area contributed by atoms with Crippen molar-refractivity contribution in [2.75, 3.05) is 25.1 Å². The molecule has 0 spiro atoms. The molecule has 0 saturated carbocycles. The Morgan fingerprint density at radius 1 is 1.08 bits per heavy atom. The zero-order chi connectivity index (χ0) is 26.0. The highest BCUT2D eigenvalue weighted by molar-refractivity contribution is 6.13. The number of esters is 1. The van der Waals surface area contributed by atoms with Crippen LogP contribution in [-0.4, -0.2) is 47.6 Å². The predicted molar refractivity (Wildman–Crippen MR) is 136 cm³/mol. The second-order valence-electron chi connectivity index (χ2n) is 8.49. The van der Waals surface area contributed by atoms with Gasteiger partial charge in [0.25, 0.3) is 5.91 Å². The highest BCUT2D eigenvalue weighted by Crippen LogP contribution is 2.26. The van der Waals surface area contributed by atoms with Crippen molar-refractivity contribution in [2.45, 2.75) is 34.2 Å². The maximum Gasteiger partial charge on any atom is 0.373 e. The molecule has 188 valence electrons. The van der Waals surface area contributed by atoms with E-state index in [1.54, 1.807) is 6.08 Å². The van der Waals surface area contributed by atoms with Gasteiger partial charge in [0.15, 0.2) is 0 Å². The van der Waals surface area contributed by atoms with E-state index in [0.29, 0.717) is 5.76 Å². The number of anilines is 1. The molecular weight excluding hydrogens is 460 g/mol. The average Bonchev–Trinajstić information content (AvgIpc) is 3.53. The van der Waals surface area contributed by atoms with Crippen LogP contribution in [0.4, 0.5) is 10.5 Å². The van der Waals surface area contributed by atoms with E-state index in [9.17, 15) is 14.4 Å². The van der Waals surface area contributed by atoms with E-state index in [0.717, 1.165) is 40.6 Å². The monoisotopic (exact) mass is 490 g/mol. The van der Waals surface area contributed by atoms with E-state index in [4.69, 9.17) is 4.42 Å². The number of furan rings is 1. The third kappa shape index (κ3) is 4.64. The molecule has 3 aromatic rings. The van der Waals surface area contributed by atoms with Crippen LogP contribution >= 0.6 is 0 Å². The van der Waals surface area contributed by atoms with E-state index in [1.165, 1.54) is 24.9 Å². The quantitative estimate of drug-likeness (QED) is 0.285. The van der Waals surface area contributed by atoms with Crippen molar-refractivity contribution in [3.63, 3.8) is 0 Å². The number of imide groups is 1. The molecule has 0 bridgehead atoms. The second-order valence-corrected chi connectivity index (χ2v) is 8.49. The topological polar surface area (TPSA) is 97.0 Å². The summed E-state index contributed by atoms with van der Waals surface area (Å²) in [5, 5.41) is 2.64. The van der Waals surface area contributed by atoms with Crippen LogP contribution in [0.25, 0.3) is 11.8 Å². The van der Waals surface area contributed by atoms with Crippen molar-refractivity contribution in [3.05, 3.63) is 76.6 Å². The van der Waals surface area contributed by atoms with Crippen LogP contribution in [0, 0.1) is 13.8 Å². The summed E-state index contributed by atoms with van der Waals surface area (Å²) < 4.78 is 12.1. The Bertz CT molecular complexity index is 1330. The Labute approximate surface area is 209 Å². The Hall–Kier alpha value is -4.27. The normalized spacial score (nSPS) is 14.5. The first-order valence-corrected chi connectivity index (χ1v) is 11.8. The molecule has 3 heterocycles. The SMILES string of the molecule is CCN(CC)c1ccc(-n2c(C)cc(C=C3NC(=O)N(Cc4ccc(C(=O)OC)o4)C3=O)c2C)cc1. The summed E-state index contributed by atoms with van der Waals surface area (Å²) in [7, 11) is 1.25. The largest absolute Gasteiger partial charge is 0.463 e. The Morgan fingerprint density at radius 2 is 1.78 bits per heavy atom. The fourth-order valence-electron chi connectivity index (χ4n) is 4.43. The number of urea groups is 1. The average molecular weight is 491 g/mol. The van der Waals surface area contributed by atoms with Crippen LogP contribution in [0.3, 0.4) is 0 Å². The minimum absolute atomic E-state index is 0.00730. The van der Waals surface area contributed by atoms with Crippen molar-refractivity contribution < 1.29 is 23.5 Å². The van der Waals surface area contributed by atoms with Crippen molar-refractivity contribution >= 4 is 29.7 Å². The highest BCUT2D eigenvalue weighted by Gasteiger charge is 2.34. The van der Waals surface area contributed by atoms with E-state index >= 15 is 0 Å². The molecule has 0 aliphatic carbocycles. The first-order valence-electron chi connectivity index (χ1n) is 11.8. The molecule has 1 aliphatic rings. The summed E-state index contributed by atoms with van der Waals surface area (Å²) in [6.07, 6.45) is 1.69. The van der Waals surface area contributed by atoms with Crippen molar-refractivity contribution in [1.29, 1.82) is 0 Å². The maximum absolute atomic E-state index is 13.0. The minimum Gasteiger partial charge on any atom is -0.463 e. The number of carbonyl (C=O) groups excluding carboxylic acids is 3. The van der Waals surface area contributed by atoms with Crippen molar-refractivity contribution in [1.82, 2.24) is 14.8 Å². The number of aryl methyl sites for hydroxylation is 1. The fraction of sp³-hybridized carbons (Fsp3) is 0.296. The van der Waals surface area contributed by atoms with E-state index in [2.05, 4.69) is 57.6 Å². The Morgan fingerprint density at radius 3 is 2.42 bits per heavy atom. The van der Waals surface area contributed by atoms with Crippen LogP contribution in [0.1, 0.15) is 47.1 Å². The lowest BCUT2D eigenvalue weighted by Gasteiger charge is -2.21. The van der Waals surface area contributed by atoms with Gasteiger partial charge in [-0.05, 0) is 81.8 Å². The zero-order valence-corrected chi connectivity index (χ0v) is 21.1. The van der Waals surface area contributed by atoms with Gasteiger partial charge in [-0.15, -0.1) is 0 Å². The molecule has 1 fully saturated rings. The Kier molecular flexibility index (Phi) is 7.00. The van der Waals surface area contributed by atoms with E-state index in [1.807, 2.05) is 19.9 Å². The molecule has 1 saturated heterocycles. The number of hydrogen-bond acceptors (Lipinski definition) is 6. The third-order valence-electron chi connectivity index (χ3n) is 6.33. The standard InChI is InChI=1S/C27H30N4O5/c1-6-29(7-2)20-8-10-21(11-9-20)31-17(3)14-19(18(31)4)15-23-25(32)30(27(34)28-23)16-22-12-13-24(36-22)26(33)35-5/h8-15H,6-7,16H2,1-5H3,(H,28,34). The van der Waals surface area contributed by atoms with Gasteiger partial charge in [0.05, 0.1) is 13.7 Å². The number of carbonyl (C=O) groups is 3. The Balaban J connectivity index is 1.56. The molecule has 2 aromatic heterocycles. The number of benzene rings is 1. The molecule has 3 amide bonds. The lowest BCUT2D eigenvalue weighted by atomic mass is 10.2. The molecule has 1 N–H and O–H groups in total. The molecular formula is C27H30N4O5. The highest BCUT2D eigenvalue weighted by atomic mass is 16.5. The van der Waals surface area contributed by atoms with Gasteiger partial charge in [-0.3, -0.25) is 9.69 Å². The summed E-state index contributed by atoms with van der Waals surface area (Å²) in [5.74, 6) is -0.791. The van der Waals surface area contributed by atoms with Crippen LogP contribution in [0.2, 0.25) is 0 Å². The number of methoxy groups -OCH3 is 1. The van der Waals surface area contributed by atoms with Crippen LogP contribution < -0.4 is 10.2 Å². The van der Waals surface area contributed by atoms with Crippen LogP contribution in [0.5, 0.6) is 0 Å². The summed E-state index contributed by atoms with van der Waals surface area (Å²) in [6, 6.07) is 12.8. The summed E-state index contributed by atoms with van der Waals surface area (Å²) in [6.45, 7) is 10.0.